The molecule has 1 rings (SSSR count). The molecule has 0 aliphatic rings. The molecule has 0 bridgehead atoms. The van der Waals surface area contributed by atoms with Gasteiger partial charge in [-0.25, -0.2) is 0 Å². The summed E-state index contributed by atoms with van der Waals surface area (Å²) in [4.78, 5) is 5.48. The van der Waals surface area contributed by atoms with Crippen LogP contribution in [0.3, 0.4) is 0 Å². The van der Waals surface area contributed by atoms with Gasteiger partial charge in [0.1, 0.15) is 0 Å². The first-order valence-corrected chi connectivity index (χ1v) is 4.81. The third-order valence-corrected chi connectivity index (χ3v) is 1.84. The smallest absolute Gasteiger partial charge is 0.0813 e. The van der Waals surface area contributed by atoms with Crippen LogP contribution in [0.4, 0.5) is 0 Å². The molecule has 0 amide bonds. The Morgan fingerprint density at radius 2 is 2.14 bits per heavy atom. The summed E-state index contributed by atoms with van der Waals surface area (Å²) in [6, 6.07) is 2.12. The minimum Gasteiger partial charge on any atom is -0.295 e. The number of hydrogen-bond acceptors (Lipinski definition) is 3. The van der Waals surface area contributed by atoms with Gasteiger partial charge in [-0.1, -0.05) is 0 Å². The number of nitrogens with zero attached hydrogens (tertiary/aromatic N) is 2. The molecule has 0 saturated carbocycles. The van der Waals surface area contributed by atoms with Crippen LogP contribution in [-0.2, 0) is 11.9 Å². The van der Waals surface area contributed by atoms with E-state index < -0.39 is 0 Å². The Balaban J connectivity index is 2.51. The van der Waals surface area contributed by atoms with Crippen LogP contribution < -0.4 is 5.48 Å². The van der Waals surface area contributed by atoms with Crippen molar-refractivity contribution >= 4 is 0 Å². The Kier molecular flexibility index (Phi) is 3.29. The van der Waals surface area contributed by atoms with Crippen molar-refractivity contribution in [3.05, 3.63) is 18.0 Å². The number of hydroxylamine groups is 1. The van der Waals surface area contributed by atoms with E-state index in [0.717, 1.165) is 5.69 Å². The molecular weight excluding hydrogens is 178 g/mol. The number of nitrogens with one attached hydrogen (secondary N) is 1. The zero-order chi connectivity index (χ0) is 10.8. The molecule has 4 nitrogen and oxygen atoms in total. The lowest BCUT2D eigenvalue weighted by Crippen LogP contribution is -2.31. The summed E-state index contributed by atoms with van der Waals surface area (Å²) in [6.45, 7) is 8.07. The van der Waals surface area contributed by atoms with Gasteiger partial charge >= 0.3 is 0 Å². The molecule has 0 aromatic carbocycles. The van der Waals surface area contributed by atoms with E-state index >= 15 is 0 Å². The quantitative estimate of drug-likeness (QED) is 0.751. The summed E-state index contributed by atoms with van der Waals surface area (Å²) in [5.41, 5.74) is 3.94. The third kappa shape index (κ3) is 3.12. The molecule has 0 spiro atoms. The van der Waals surface area contributed by atoms with Crippen molar-refractivity contribution in [3.8, 4) is 0 Å². The highest BCUT2D eigenvalue weighted by Gasteiger charge is 2.14. The van der Waals surface area contributed by atoms with E-state index in [1.54, 1.807) is 6.20 Å². The first-order chi connectivity index (χ1) is 6.40. The van der Waals surface area contributed by atoms with Crippen LogP contribution in [-0.4, -0.2) is 15.4 Å². The lowest BCUT2D eigenvalue weighted by Gasteiger charge is -2.23. The van der Waals surface area contributed by atoms with Crippen LogP contribution in [0, 0.1) is 0 Å². The molecule has 0 aliphatic carbocycles. The first kappa shape index (κ1) is 11.2. The van der Waals surface area contributed by atoms with Gasteiger partial charge in [0, 0.05) is 13.2 Å². The summed E-state index contributed by atoms with van der Waals surface area (Å²) in [6.07, 6.45) is 1.78. The Hall–Kier alpha value is -0.870. The Morgan fingerprint density at radius 3 is 2.57 bits per heavy atom. The maximum atomic E-state index is 5.48. The SMILES string of the molecule is CC(NOC(C)(C)C)c1ccnn1C. The molecule has 80 valence electrons. The second kappa shape index (κ2) is 4.11. The van der Waals surface area contributed by atoms with Crippen LogP contribution in [0.15, 0.2) is 12.3 Å². The lowest BCUT2D eigenvalue weighted by molar-refractivity contribution is -0.0875. The van der Waals surface area contributed by atoms with Crippen molar-refractivity contribution in [3.63, 3.8) is 0 Å². The second-order valence-corrected chi connectivity index (χ2v) is 4.43. The van der Waals surface area contributed by atoms with E-state index in [1.807, 2.05) is 45.5 Å². The fourth-order valence-corrected chi connectivity index (χ4v) is 1.13. The third-order valence-electron chi connectivity index (χ3n) is 1.84. The van der Waals surface area contributed by atoms with Crippen molar-refractivity contribution in [2.75, 3.05) is 0 Å². The van der Waals surface area contributed by atoms with E-state index in [1.165, 1.54) is 0 Å². The average Bonchev–Trinajstić information content (AvgIpc) is 2.46. The second-order valence-electron chi connectivity index (χ2n) is 4.43. The molecule has 1 atom stereocenters. The van der Waals surface area contributed by atoms with Crippen molar-refractivity contribution in [1.82, 2.24) is 15.3 Å². The molecular formula is C10H19N3O. The monoisotopic (exact) mass is 197 g/mol. The summed E-state index contributed by atoms with van der Waals surface area (Å²) in [5, 5.41) is 4.10. The first-order valence-electron chi connectivity index (χ1n) is 4.81. The van der Waals surface area contributed by atoms with Crippen LogP contribution in [0.25, 0.3) is 0 Å². The van der Waals surface area contributed by atoms with E-state index in [0.29, 0.717) is 0 Å². The maximum absolute atomic E-state index is 5.48. The van der Waals surface area contributed by atoms with Crippen LogP contribution in [0.2, 0.25) is 0 Å². The number of aromatic nitrogens is 2. The van der Waals surface area contributed by atoms with Crippen molar-refractivity contribution in [2.45, 2.75) is 39.3 Å². The minimum absolute atomic E-state index is 0.140. The Labute approximate surface area is 85.2 Å². The molecule has 1 heterocycles. The highest BCUT2D eigenvalue weighted by Crippen LogP contribution is 2.13. The molecule has 0 saturated heterocycles. The normalized spacial score (nSPS) is 14.4. The fourth-order valence-electron chi connectivity index (χ4n) is 1.13. The van der Waals surface area contributed by atoms with E-state index in [2.05, 4.69) is 10.6 Å². The van der Waals surface area contributed by atoms with Gasteiger partial charge in [0.2, 0.25) is 0 Å². The van der Waals surface area contributed by atoms with E-state index in [9.17, 15) is 0 Å². The summed E-state index contributed by atoms with van der Waals surface area (Å²) >= 11 is 0. The molecule has 14 heavy (non-hydrogen) atoms. The number of rotatable bonds is 3. The van der Waals surface area contributed by atoms with Gasteiger partial charge in [-0.2, -0.15) is 10.6 Å². The largest absolute Gasteiger partial charge is 0.295 e. The predicted molar refractivity (Wildman–Crippen MR) is 55.6 cm³/mol. The maximum Gasteiger partial charge on any atom is 0.0813 e. The molecule has 0 fully saturated rings. The van der Waals surface area contributed by atoms with Crippen LogP contribution in [0.5, 0.6) is 0 Å². The van der Waals surface area contributed by atoms with Crippen LogP contribution >= 0.6 is 0 Å². The minimum atomic E-state index is -0.174. The topological polar surface area (TPSA) is 39.1 Å². The molecule has 1 aromatic heterocycles. The molecule has 0 radical (unpaired) electrons. The molecule has 0 aliphatic heterocycles. The van der Waals surface area contributed by atoms with Crippen molar-refractivity contribution in [2.24, 2.45) is 7.05 Å². The average molecular weight is 197 g/mol. The van der Waals surface area contributed by atoms with Gasteiger partial charge in [-0.05, 0) is 33.8 Å². The van der Waals surface area contributed by atoms with Gasteiger partial charge in [0.25, 0.3) is 0 Å². The van der Waals surface area contributed by atoms with E-state index in [-0.39, 0.29) is 11.6 Å². The van der Waals surface area contributed by atoms with Gasteiger partial charge < -0.3 is 0 Å². The van der Waals surface area contributed by atoms with Gasteiger partial charge in [-0.15, -0.1) is 0 Å². The molecule has 1 N–H and O–H groups in total. The lowest BCUT2D eigenvalue weighted by atomic mass is 10.2. The number of aryl methyl sites for hydroxylation is 1. The predicted octanol–water partition coefficient (Wildman–Crippen LogP) is 1.80. The fraction of sp³-hybridized carbons (Fsp3) is 0.700. The van der Waals surface area contributed by atoms with Gasteiger partial charge in [-0.3, -0.25) is 9.52 Å². The summed E-state index contributed by atoms with van der Waals surface area (Å²) in [5.74, 6) is 0. The highest BCUT2D eigenvalue weighted by atomic mass is 16.7. The zero-order valence-electron chi connectivity index (χ0n) is 9.53. The van der Waals surface area contributed by atoms with Crippen molar-refractivity contribution < 1.29 is 4.84 Å². The highest BCUT2D eigenvalue weighted by molar-refractivity contribution is 5.04. The summed E-state index contributed by atoms with van der Waals surface area (Å²) < 4.78 is 1.84. The standard InChI is InChI=1S/C10H19N3O/c1-8(12-14-10(2,3)4)9-6-7-11-13(9)5/h6-8,12H,1-5H3. The van der Waals surface area contributed by atoms with Gasteiger partial charge in [0.05, 0.1) is 17.3 Å². The molecule has 1 aromatic rings. The number of hydrogen-bond donors (Lipinski definition) is 1. The molecule has 4 heteroatoms. The van der Waals surface area contributed by atoms with Gasteiger partial charge in [0.15, 0.2) is 0 Å². The molecule has 1 unspecified atom stereocenters. The Morgan fingerprint density at radius 1 is 1.50 bits per heavy atom. The Bertz CT molecular complexity index is 288. The zero-order valence-corrected chi connectivity index (χ0v) is 9.53. The van der Waals surface area contributed by atoms with Crippen LogP contribution in [0.1, 0.15) is 39.4 Å². The van der Waals surface area contributed by atoms with Crippen molar-refractivity contribution in [1.29, 1.82) is 0 Å². The van der Waals surface area contributed by atoms with E-state index in [4.69, 9.17) is 4.84 Å². The summed E-state index contributed by atoms with van der Waals surface area (Å²) in [7, 11) is 1.92.